The third-order valence-corrected chi connectivity index (χ3v) is 4.60. The molecule has 124 valence electrons. The lowest BCUT2D eigenvalue weighted by molar-refractivity contribution is -0.121. The number of anilines is 1. The summed E-state index contributed by atoms with van der Waals surface area (Å²) >= 11 is 1.68. The van der Waals surface area contributed by atoms with E-state index < -0.39 is 18.3 Å². The Kier molecular flexibility index (Phi) is 4.61. The van der Waals surface area contributed by atoms with E-state index in [9.17, 15) is 19.8 Å². The van der Waals surface area contributed by atoms with Crippen LogP contribution in [0.2, 0.25) is 0 Å². The number of carbonyl (C=O) groups is 2. The molecule has 0 saturated carbocycles. The highest BCUT2D eigenvalue weighted by atomic mass is 32.2. The Balaban J connectivity index is 1.67. The third kappa shape index (κ3) is 3.30. The van der Waals surface area contributed by atoms with Crippen LogP contribution in [0.15, 0.2) is 47.4 Å². The number of aromatic hydroxyl groups is 2. The maximum atomic E-state index is 12.4. The maximum absolute atomic E-state index is 12.4. The molecule has 7 heteroatoms. The average Bonchev–Trinajstić information content (AvgIpc) is 2.59. The summed E-state index contributed by atoms with van der Waals surface area (Å²) in [4.78, 5) is 27.0. The average molecular weight is 345 g/mol. The van der Waals surface area contributed by atoms with Gasteiger partial charge in [0.05, 0.1) is 5.69 Å². The highest BCUT2D eigenvalue weighted by Gasteiger charge is 2.24. The number of fused-ring (bicyclic) bond motifs is 1. The predicted molar refractivity (Wildman–Crippen MR) is 89.6 cm³/mol. The molecule has 1 aliphatic rings. The van der Waals surface area contributed by atoms with E-state index in [1.54, 1.807) is 16.7 Å². The molecule has 2 aromatic rings. The van der Waals surface area contributed by atoms with Gasteiger partial charge in [-0.15, -0.1) is 11.8 Å². The molecule has 1 amide bonds. The molecule has 24 heavy (non-hydrogen) atoms. The minimum atomic E-state index is -0.819. The van der Waals surface area contributed by atoms with Crippen LogP contribution in [-0.2, 0) is 9.53 Å². The van der Waals surface area contributed by atoms with Crippen molar-refractivity contribution in [3.63, 3.8) is 0 Å². The van der Waals surface area contributed by atoms with Gasteiger partial charge in [0, 0.05) is 23.3 Å². The van der Waals surface area contributed by atoms with Gasteiger partial charge >= 0.3 is 5.97 Å². The standard InChI is InChI=1S/C17H15NO5S/c19-11-5-6-12(14(20)9-11)17(22)23-10-16(21)18-7-8-24-15-4-2-1-3-13(15)18/h1-6,9,19-20H,7-8,10H2. The van der Waals surface area contributed by atoms with Crippen molar-refractivity contribution in [1.82, 2.24) is 0 Å². The lowest BCUT2D eigenvalue weighted by Gasteiger charge is -2.28. The fourth-order valence-electron chi connectivity index (χ4n) is 2.40. The van der Waals surface area contributed by atoms with Crippen molar-refractivity contribution in [2.24, 2.45) is 0 Å². The molecule has 0 aromatic heterocycles. The fourth-order valence-corrected chi connectivity index (χ4v) is 3.40. The van der Waals surface area contributed by atoms with Crippen molar-refractivity contribution in [3.8, 4) is 11.5 Å². The normalized spacial score (nSPS) is 13.2. The van der Waals surface area contributed by atoms with Crippen molar-refractivity contribution < 1.29 is 24.5 Å². The van der Waals surface area contributed by atoms with Crippen LogP contribution in [0.5, 0.6) is 11.5 Å². The van der Waals surface area contributed by atoms with Gasteiger partial charge in [-0.1, -0.05) is 12.1 Å². The minimum Gasteiger partial charge on any atom is -0.508 e. The Labute approximate surface area is 142 Å². The summed E-state index contributed by atoms with van der Waals surface area (Å²) in [6.07, 6.45) is 0. The summed E-state index contributed by atoms with van der Waals surface area (Å²) < 4.78 is 5.00. The van der Waals surface area contributed by atoms with Crippen LogP contribution in [0.3, 0.4) is 0 Å². The van der Waals surface area contributed by atoms with Crippen LogP contribution >= 0.6 is 11.8 Å². The van der Waals surface area contributed by atoms with Crippen molar-refractivity contribution in [2.75, 3.05) is 23.8 Å². The van der Waals surface area contributed by atoms with E-state index in [1.165, 1.54) is 12.1 Å². The highest BCUT2D eigenvalue weighted by Crippen LogP contribution is 2.34. The van der Waals surface area contributed by atoms with E-state index in [2.05, 4.69) is 0 Å². The molecular weight excluding hydrogens is 330 g/mol. The van der Waals surface area contributed by atoms with Gasteiger partial charge in [0.2, 0.25) is 0 Å². The van der Waals surface area contributed by atoms with E-state index in [-0.39, 0.29) is 17.2 Å². The number of nitrogens with zero attached hydrogens (tertiary/aromatic N) is 1. The predicted octanol–water partition coefficient (Wildman–Crippen LogP) is 2.39. The number of esters is 1. The molecule has 0 fully saturated rings. The third-order valence-electron chi connectivity index (χ3n) is 3.56. The second-order valence-electron chi connectivity index (χ2n) is 5.14. The van der Waals surface area contributed by atoms with Crippen LogP contribution < -0.4 is 4.90 Å². The molecule has 6 nitrogen and oxygen atoms in total. The minimum absolute atomic E-state index is 0.102. The van der Waals surface area contributed by atoms with Crippen LogP contribution in [0.1, 0.15) is 10.4 Å². The summed E-state index contributed by atoms with van der Waals surface area (Å²) in [5.74, 6) is -0.931. The van der Waals surface area contributed by atoms with Gasteiger partial charge in [0.25, 0.3) is 5.91 Å². The zero-order valence-corrected chi connectivity index (χ0v) is 13.5. The molecule has 3 rings (SSSR count). The Hall–Kier alpha value is -2.67. The summed E-state index contributed by atoms with van der Waals surface area (Å²) in [6.45, 7) is 0.126. The largest absolute Gasteiger partial charge is 0.508 e. The first-order chi connectivity index (χ1) is 11.6. The Morgan fingerprint density at radius 2 is 1.96 bits per heavy atom. The van der Waals surface area contributed by atoms with Crippen molar-refractivity contribution in [3.05, 3.63) is 48.0 Å². The molecule has 0 radical (unpaired) electrons. The number of thioether (sulfide) groups is 1. The molecule has 2 aromatic carbocycles. The number of phenols is 2. The molecule has 0 unspecified atom stereocenters. The van der Waals surface area contributed by atoms with Crippen molar-refractivity contribution in [2.45, 2.75) is 4.90 Å². The molecule has 0 aliphatic carbocycles. The first-order valence-corrected chi connectivity index (χ1v) is 8.26. The first kappa shape index (κ1) is 16.2. The number of carbonyl (C=O) groups excluding carboxylic acids is 2. The molecule has 0 bridgehead atoms. The Morgan fingerprint density at radius 3 is 2.75 bits per heavy atom. The number of hydrogen-bond donors (Lipinski definition) is 2. The second-order valence-corrected chi connectivity index (χ2v) is 6.28. The second kappa shape index (κ2) is 6.84. The van der Waals surface area contributed by atoms with Crippen molar-refractivity contribution >= 4 is 29.3 Å². The number of ether oxygens (including phenoxy) is 1. The number of phenolic OH excluding ortho intramolecular Hbond substituents is 2. The highest BCUT2D eigenvalue weighted by molar-refractivity contribution is 7.99. The van der Waals surface area contributed by atoms with Crippen LogP contribution in [0.4, 0.5) is 5.69 Å². The Bertz CT molecular complexity index is 792. The summed E-state index contributed by atoms with van der Waals surface area (Å²) in [6, 6.07) is 11.1. The fraction of sp³-hybridized carbons (Fsp3) is 0.176. The number of amides is 1. The number of para-hydroxylation sites is 1. The van der Waals surface area contributed by atoms with Crippen LogP contribution in [0, 0.1) is 0 Å². The topological polar surface area (TPSA) is 87.1 Å². The van der Waals surface area contributed by atoms with Gasteiger partial charge in [0.1, 0.15) is 17.1 Å². The van der Waals surface area contributed by atoms with Gasteiger partial charge in [-0.3, -0.25) is 4.79 Å². The van der Waals surface area contributed by atoms with Gasteiger partial charge in [-0.05, 0) is 24.3 Å². The van der Waals surface area contributed by atoms with E-state index in [0.717, 1.165) is 22.4 Å². The van der Waals surface area contributed by atoms with Gasteiger partial charge in [-0.2, -0.15) is 0 Å². The zero-order chi connectivity index (χ0) is 17.1. The molecule has 0 saturated heterocycles. The van der Waals surface area contributed by atoms with Gasteiger partial charge in [-0.25, -0.2) is 4.79 Å². The zero-order valence-electron chi connectivity index (χ0n) is 12.6. The smallest absolute Gasteiger partial charge is 0.342 e. The lowest BCUT2D eigenvalue weighted by atomic mass is 10.2. The summed E-state index contributed by atoms with van der Waals surface area (Å²) in [5.41, 5.74) is 0.706. The number of hydrogen-bond acceptors (Lipinski definition) is 6. The first-order valence-electron chi connectivity index (χ1n) is 7.27. The van der Waals surface area contributed by atoms with E-state index in [4.69, 9.17) is 4.74 Å². The van der Waals surface area contributed by atoms with Gasteiger partial charge < -0.3 is 19.8 Å². The van der Waals surface area contributed by atoms with E-state index >= 15 is 0 Å². The SMILES string of the molecule is O=C(OCC(=O)N1CCSc2ccccc21)c1ccc(O)cc1O. The van der Waals surface area contributed by atoms with E-state index in [1.807, 2.05) is 24.3 Å². The lowest BCUT2D eigenvalue weighted by Crippen LogP contribution is -2.38. The van der Waals surface area contributed by atoms with E-state index in [0.29, 0.717) is 6.54 Å². The number of rotatable bonds is 3. The molecular formula is C17H15NO5S. The Morgan fingerprint density at radius 1 is 1.17 bits per heavy atom. The van der Waals surface area contributed by atoms with Crippen molar-refractivity contribution in [1.29, 1.82) is 0 Å². The van der Waals surface area contributed by atoms with Crippen LogP contribution in [-0.4, -0.2) is 41.0 Å². The van der Waals surface area contributed by atoms with Gasteiger partial charge in [0.15, 0.2) is 6.61 Å². The molecule has 1 heterocycles. The maximum Gasteiger partial charge on any atom is 0.342 e. The molecule has 0 spiro atoms. The monoisotopic (exact) mass is 345 g/mol. The quantitative estimate of drug-likeness (QED) is 0.831. The molecule has 0 atom stereocenters. The summed E-state index contributed by atoms with van der Waals surface area (Å²) in [7, 11) is 0. The number of benzene rings is 2. The van der Waals surface area contributed by atoms with Crippen LogP contribution in [0.25, 0.3) is 0 Å². The molecule has 1 aliphatic heterocycles. The summed E-state index contributed by atoms with van der Waals surface area (Å²) in [5, 5.41) is 18.9. The molecule has 2 N–H and O–H groups in total.